The van der Waals surface area contributed by atoms with Gasteiger partial charge in [0.25, 0.3) is 5.91 Å². The van der Waals surface area contributed by atoms with Crippen LogP contribution in [0.4, 0.5) is 4.39 Å². The lowest BCUT2D eigenvalue weighted by Gasteiger charge is -2.29. The molecule has 2 rings (SSSR count). The number of rotatable bonds is 5. The van der Waals surface area contributed by atoms with E-state index in [2.05, 4.69) is 4.98 Å². The first kappa shape index (κ1) is 16.2. The average Bonchev–Trinajstić information content (AvgIpc) is 2.96. The van der Waals surface area contributed by atoms with Crippen molar-refractivity contribution in [3.63, 3.8) is 0 Å². The van der Waals surface area contributed by atoms with Crippen molar-refractivity contribution < 1.29 is 9.18 Å². The monoisotopic (exact) mass is 303 g/mol. The molecule has 1 heterocycles. The summed E-state index contributed by atoms with van der Waals surface area (Å²) in [6.45, 7) is 5.11. The number of amides is 1. The van der Waals surface area contributed by atoms with Crippen LogP contribution in [0, 0.1) is 11.2 Å². The highest BCUT2D eigenvalue weighted by atomic mass is 19.1. The fraction of sp³-hybridized carbons (Fsp3) is 0.353. The van der Waals surface area contributed by atoms with Gasteiger partial charge in [-0.2, -0.15) is 0 Å². The van der Waals surface area contributed by atoms with Gasteiger partial charge in [0.2, 0.25) is 0 Å². The van der Waals surface area contributed by atoms with Gasteiger partial charge in [-0.05, 0) is 29.7 Å². The first-order valence-electron chi connectivity index (χ1n) is 7.22. The average molecular weight is 303 g/mol. The molecule has 0 aliphatic heterocycles. The summed E-state index contributed by atoms with van der Waals surface area (Å²) < 4.78 is 13.0. The number of halogens is 1. The Balaban J connectivity index is 2.25. The van der Waals surface area contributed by atoms with Crippen LogP contribution >= 0.6 is 0 Å². The Hall–Kier alpha value is -2.14. The molecule has 0 saturated heterocycles. The zero-order valence-electron chi connectivity index (χ0n) is 13.2. The topological polar surface area (TPSA) is 62.1 Å². The number of carbonyl (C=O) groups excluding carboxylic acids is 1. The number of aromatic nitrogens is 1. The quantitative estimate of drug-likeness (QED) is 0.892. The van der Waals surface area contributed by atoms with E-state index in [1.807, 2.05) is 13.8 Å². The smallest absolute Gasteiger partial charge is 0.255 e. The third-order valence-corrected chi connectivity index (χ3v) is 3.70. The number of nitrogens with zero attached hydrogens (tertiary/aromatic N) is 1. The van der Waals surface area contributed by atoms with Gasteiger partial charge in [0.1, 0.15) is 5.82 Å². The van der Waals surface area contributed by atoms with Crippen LogP contribution in [0.15, 0.2) is 36.7 Å². The molecule has 0 aliphatic carbocycles. The van der Waals surface area contributed by atoms with Gasteiger partial charge in [0, 0.05) is 31.5 Å². The molecular weight excluding hydrogens is 281 g/mol. The zero-order chi connectivity index (χ0) is 16.3. The number of hydrogen-bond acceptors (Lipinski definition) is 2. The minimum Gasteiger partial charge on any atom is -0.366 e. The number of benzene rings is 1. The number of nitrogens with one attached hydrogen (secondary N) is 1. The number of carbonyl (C=O) groups is 1. The normalized spacial score (nSPS) is 11.5. The molecule has 0 spiro atoms. The number of nitrogens with two attached hydrogens (primary N) is 1. The van der Waals surface area contributed by atoms with Gasteiger partial charge in [-0.15, -0.1) is 0 Å². The molecule has 0 unspecified atom stereocenters. The van der Waals surface area contributed by atoms with Crippen LogP contribution < -0.4 is 5.73 Å². The predicted molar refractivity (Wildman–Crippen MR) is 86.0 cm³/mol. The third kappa shape index (κ3) is 3.54. The Labute approximate surface area is 130 Å². The van der Waals surface area contributed by atoms with E-state index in [1.54, 1.807) is 36.5 Å². The van der Waals surface area contributed by atoms with Gasteiger partial charge in [-0.3, -0.25) is 4.79 Å². The number of hydrogen-bond donors (Lipinski definition) is 2. The van der Waals surface area contributed by atoms with E-state index in [-0.39, 0.29) is 17.1 Å². The van der Waals surface area contributed by atoms with Crippen molar-refractivity contribution in [2.45, 2.75) is 13.8 Å². The van der Waals surface area contributed by atoms with Crippen molar-refractivity contribution in [1.82, 2.24) is 9.88 Å². The van der Waals surface area contributed by atoms with Gasteiger partial charge in [-0.25, -0.2) is 4.39 Å². The van der Waals surface area contributed by atoms with E-state index in [4.69, 9.17) is 5.73 Å². The maximum atomic E-state index is 13.0. The summed E-state index contributed by atoms with van der Waals surface area (Å²) in [5.74, 6) is -0.379. The van der Waals surface area contributed by atoms with Gasteiger partial charge in [-0.1, -0.05) is 26.0 Å². The van der Waals surface area contributed by atoms with E-state index < -0.39 is 0 Å². The number of aromatic amines is 1. The molecule has 0 saturated carbocycles. The lowest BCUT2D eigenvalue weighted by atomic mass is 9.93. The summed E-state index contributed by atoms with van der Waals surface area (Å²) in [6, 6.07) is 6.11. The van der Waals surface area contributed by atoms with Crippen molar-refractivity contribution in [2.24, 2.45) is 11.1 Å². The molecule has 0 aliphatic rings. The maximum absolute atomic E-state index is 13.0. The molecule has 5 heteroatoms. The Morgan fingerprint density at radius 2 is 1.91 bits per heavy atom. The SMILES string of the molecule is CN(CC(C)(C)CN)C(=O)c1c[nH]cc1-c1ccc(F)cc1. The molecule has 1 amide bonds. The Kier molecular flexibility index (Phi) is 4.66. The Bertz CT molecular complexity index is 646. The van der Waals surface area contributed by atoms with Crippen LogP contribution in [0.5, 0.6) is 0 Å². The van der Waals surface area contributed by atoms with Crippen LogP contribution in [-0.4, -0.2) is 35.9 Å². The standard InChI is InChI=1S/C17H22FN3O/c1-17(2,10-19)11-21(3)16(22)15-9-20-8-14(15)12-4-6-13(18)7-5-12/h4-9,20H,10-11,19H2,1-3H3. The molecule has 1 aromatic carbocycles. The molecule has 2 aromatic rings. The van der Waals surface area contributed by atoms with E-state index in [0.29, 0.717) is 18.7 Å². The highest BCUT2D eigenvalue weighted by Gasteiger charge is 2.24. The molecule has 3 N–H and O–H groups in total. The van der Waals surface area contributed by atoms with E-state index in [1.165, 1.54) is 12.1 Å². The van der Waals surface area contributed by atoms with Crippen LogP contribution in [0.25, 0.3) is 11.1 Å². The molecule has 22 heavy (non-hydrogen) atoms. The summed E-state index contributed by atoms with van der Waals surface area (Å²) in [6.07, 6.45) is 3.43. The first-order valence-corrected chi connectivity index (χ1v) is 7.22. The molecular formula is C17H22FN3O. The van der Waals surface area contributed by atoms with Crippen molar-refractivity contribution in [3.8, 4) is 11.1 Å². The lowest BCUT2D eigenvalue weighted by Crippen LogP contribution is -2.39. The fourth-order valence-electron chi connectivity index (χ4n) is 2.39. The van der Waals surface area contributed by atoms with Gasteiger partial charge >= 0.3 is 0 Å². The minimum atomic E-state index is -0.297. The highest BCUT2D eigenvalue weighted by Crippen LogP contribution is 2.25. The molecule has 4 nitrogen and oxygen atoms in total. The number of H-pyrrole nitrogens is 1. The van der Waals surface area contributed by atoms with Crippen LogP contribution in [-0.2, 0) is 0 Å². The second-order valence-electron chi connectivity index (χ2n) is 6.32. The van der Waals surface area contributed by atoms with Crippen molar-refractivity contribution >= 4 is 5.91 Å². The summed E-state index contributed by atoms with van der Waals surface area (Å²) >= 11 is 0. The summed E-state index contributed by atoms with van der Waals surface area (Å²) in [5.41, 5.74) is 7.73. The Morgan fingerprint density at radius 3 is 2.50 bits per heavy atom. The van der Waals surface area contributed by atoms with Gasteiger partial charge < -0.3 is 15.6 Å². The summed E-state index contributed by atoms with van der Waals surface area (Å²) in [5, 5.41) is 0. The minimum absolute atomic E-state index is 0.0814. The maximum Gasteiger partial charge on any atom is 0.255 e. The van der Waals surface area contributed by atoms with Crippen LogP contribution in [0.2, 0.25) is 0 Å². The van der Waals surface area contributed by atoms with E-state index >= 15 is 0 Å². The molecule has 1 aromatic heterocycles. The lowest BCUT2D eigenvalue weighted by molar-refractivity contribution is 0.0741. The van der Waals surface area contributed by atoms with E-state index in [0.717, 1.165) is 11.1 Å². The summed E-state index contributed by atoms with van der Waals surface area (Å²) in [4.78, 5) is 17.3. The van der Waals surface area contributed by atoms with E-state index in [9.17, 15) is 9.18 Å². The third-order valence-electron chi connectivity index (χ3n) is 3.70. The second kappa shape index (κ2) is 6.32. The molecule has 0 atom stereocenters. The Morgan fingerprint density at radius 1 is 1.27 bits per heavy atom. The molecule has 0 fully saturated rings. The second-order valence-corrected chi connectivity index (χ2v) is 6.32. The summed E-state index contributed by atoms with van der Waals surface area (Å²) in [7, 11) is 1.77. The molecule has 0 radical (unpaired) electrons. The van der Waals surface area contributed by atoms with Crippen molar-refractivity contribution in [3.05, 3.63) is 48.0 Å². The fourth-order valence-corrected chi connectivity index (χ4v) is 2.39. The molecule has 118 valence electrons. The van der Waals surface area contributed by atoms with Gasteiger partial charge in [0.15, 0.2) is 0 Å². The van der Waals surface area contributed by atoms with Crippen molar-refractivity contribution in [1.29, 1.82) is 0 Å². The molecule has 0 bridgehead atoms. The van der Waals surface area contributed by atoms with Crippen molar-refractivity contribution in [2.75, 3.05) is 20.1 Å². The predicted octanol–water partition coefficient (Wildman–Crippen LogP) is 2.88. The van der Waals surface area contributed by atoms with Gasteiger partial charge in [0.05, 0.1) is 5.56 Å². The highest BCUT2D eigenvalue weighted by molar-refractivity contribution is 6.00. The largest absolute Gasteiger partial charge is 0.366 e. The zero-order valence-corrected chi connectivity index (χ0v) is 13.2. The van der Waals surface area contributed by atoms with Crippen LogP contribution in [0.3, 0.4) is 0 Å². The first-order chi connectivity index (χ1) is 10.3. The van der Waals surface area contributed by atoms with Crippen LogP contribution in [0.1, 0.15) is 24.2 Å².